The number of halogens is 2. The van der Waals surface area contributed by atoms with Crippen LogP contribution in [-0.2, 0) is 0 Å². The van der Waals surface area contributed by atoms with Crippen LogP contribution in [0.5, 0.6) is 0 Å². The van der Waals surface area contributed by atoms with Crippen LogP contribution in [0.2, 0.25) is 0 Å². The minimum atomic E-state index is -0.609. The number of hydrogen-bond donors (Lipinski definition) is 3. The summed E-state index contributed by atoms with van der Waals surface area (Å²) in [6.45, 7) is 0. The fourth-order valence-electron chi connectivity index (χ4n) is 1.61. The van der Waals surface area contributed by atoms with Crippen LogP contribution < -0.4 is 16.8 Å². The van der Waals surface area contributed by atoms with Gasteiger partial charge in [0.05, 0.1) is 16.9 Å². The number of carbonyl (C=O) groups is 1. The summed E-state index contributed by atoms with van der Waals surface area (Å²) < 4.78 is 13.9. The summed E-state index contributed by atoms with van der Waals surface area (Å²) in [6, 6.07) is 8.92. The van der Waals surface area contributed by atoms with E-state index in [1.165, 1.54) is 18.2 Å². The maximum Gasteiger partial charge on any atom is 0.250 e. The first-order valence-corrected chi connectivity index (χ1v) is 6.18. The molecule has 5 N–H and O–H groups in total. The summed E-state index contributed by atoms with van der Waals surface area (Å²) in [6.07, 6.45) is 0. The molecule has 19 heavy (non-hydrogen) atoms. The van der Waals surface area contributed by atoms with Crippen LogP contribution in [0.4, 0.5) is 21.5 Å². The molecule has 4 nitrogen and oxygen atoms in total. The van der Waals surface area contributed by atoms with Crippen molar-refractivity contribution in [1.82, 2.24) is 0 Å². The molecule has 0 aliphatic carbocycles. The van der Waals surface area contributed by atoms with Gasteiger partial charge in [-0.15, -0.1) is 0 Å². The van der Waals surface area contributed by atoms with Crippen molar-refractivity contribution in [1.29, 1.82) is 0 Å². The summed E-state index contributed by atoms with van der Waals surface area (Å²) in [7, 11) is 0. The Balaban J connectivity index is 2.43. The maximum absolute atomic E-state index is 13.2. The normalized spacial score (nSPS) is 10.2. The monoisotopic (exact) mass is 323 g/mol. The number of anilines is 3. The first-order valence-electron chi connectivity index (χ1n) is 5.39. The van der Waals surface area contributed by atoms with Crippen molar-refractivity contribution in [2.24, 2.45) is 5.73 Å². The van der Waals surface area contributed by atoms with Gasteiger partial charge in [0.25, 0.3) is 5.91 Å². The minimum Gasteiger partial charge on any atom is -0.399 e. The number of benzene rings is 2. The Kier molecular flexibility index (Phi) is 3.71. The van der Waals surface area contributed by atoms with Crippen molar-refractivity contribution in [3.05, 3.63) is 52.3 Å². The molecule has 0 unspecified atom stereocenters. The smallest absolute Gasteiger partial charge is 0.250 e. The van der Waals surface area contributed by atoms with E-state index in [2.05, 4.69) is 21.2 Å². The number of nitrogen functional groups attached to an aromatic ring is 1. The predicted octanol–water partition coefficient (Wildman–Crippen LogP) is 3.01. The van der Waals surface area contributed by atoms with Crippen molar-refractivity contribution in [2.75, 3.05) is 11.1 Å². The van der Waals surface area contributed by atoms with Crippen molar-refractivity contribution < 1.29 is 9.18 Å². The second-order valence-corrected chi connectivity index (χ2v) is 4.77. The van der Waals surface area contributed by atoms with Gasteiger partial charge in [-0.2, -0.15) is 0 Å². The lowest BCUT2D eigenvalue weighted by Crippen LogP contribution is -2.13. The average Bonchev–Trinajstić information content (AvgIpc) is 2.35. The Bertz CT molecular complexity index is 646. The van der Waals surface area contributed by atoms with Gasteiger partial charge in [-0.3, -0.25) is 4.79 Å². The van der Waals surface area contributed by atoms with E-state index in [9.17, 15) is 9.18 Å². The van der Waals surface area contributed by atoms with Gasteiger partial charge < -0.3 is 16.8 Å². The van der Waals surface area contributed by atoms with Crippen LogP contribution in [0, 0.1) is 5.82 Å². The third kappa shape index (κ3) is 3.03. The lowest BCUT2D eigenvalue weighted by Gasteiger charge is -2.12. The number of primary amides is 1. The molecule has 0 aromatic heterocycles. The first-order chi connectivity index (χ1) is 8.97. The number of nitrogens with one attached hydrogen (secondary N) is 1. The van der Waals surface area contributed by atoms with Gasteiger partial charge in [-0.25, -0.2) is 4.39 Å². The van der Waals surface area contributed by atoms with Crippen LogP contribution in [0.15, 0.2) is 40.9 Å². The van der Waals surface area contributed by atoms with Crippen LogP contribution in [0.25, 0.3) is 0 Å². The molecule has 0 atom stereocenters. The number of nitrogens with two attached hydrogens (primary N) is 2. The Labute approximate surface area is 117 Å². The van der Waals surface area contributed by atoms with E-state index in [1.807, 2.05) is 0 Å². The summed E-state index contributed by atoms with van der Waals surface area (Å²) in [4.78, 5) is 11.4. The minimum absolute atomic E-state index is 0.246. The van der Waals surface area contributed by atoms with Crippen LogP contribution in [-0.4, -0.2) is 5.91 Å². The molecule has 0 aliphatic heterocycles. The van der Waals surface area contributed by atoms with Gasteiger partial charge in [-0.05, 0) is 52.3 Å². The Morgan fingerprint density at radius 1 is 1.16 bits per heavy atom. The third-order valence-corrected chi connectivity index (χ3v) is 3.20. The van der Waals surface area contributed by atoms with E-state index in [4.69, 9.17) is 11.5 Å². The molecule has 0 saturated heterocycles. The van der Waals surface area contributed by atoms with Crippen molar-refractivity contribution in [3.8, 4) is 0 Å². The van der Waals surface area contributed by atoms with E-state index < -0.39 is 5.91 Å². The number of rotatable bonds is 3. The predicted molar refractivity (Wildman–Crippen MR) is 76.8 cm³/mol. The van der Waals surface area contributed by atoms with Gasteiger partial charge in [0.15, 0.2) is 0 Å². The molecule has 2 aromatic rings. The summed E-state index contributed by atoms with van der Waals surface area (Å²) in [5, 5.41) is 2.95. The number of carbonyl (C=O) groups excluding carboxylic acids is 1. The molecule has 0 aliphatic rings. The highest BCUT2D eigenvalue weighted by Gasteiger charge is 2.10. The van der Waals surface area contributed by atoms with Crippen molar-refractivity contribution >= 4 is 38.9 Å². The van der Waals surface area contributed by atoms with E-state index in [0.29, 0.717) is 21.5 Å². The molecule has 0 fully saturated rings. The zero-order valence-electron chi connectivity index (χ0n) is 9.78. The summed E-state index contributed by atoms with van der Waals surface area (Å²) in [5.74, 6) is -0.996. The quantitative estimate of drug-likeness (QED) is 0.759. The summed E-state index contributed by atoms with van der Waals surface area (Å²) in [5.41, 5.74) is 12.5. The largest absolute Gasteiger partial charge is 0.399 e. The molecule has 0 spiro atoms. The van der Waals surface area contributed by atoms with Crippen LogP contribution in [0.3, 0.4) is 0 Å². The Morgan fingerprint density at radius 2 is 1.89 bits per heavy atom. The second kappa shape index (κ2) is 5.27. The first kappa shape index (κ1) is 13.4. The molecule has 1 amide bonds. The SMILES string of the molecule is NC(=O)c1cc(N)ccc1Nc1cc(F)ccc1Br. The van der Waals surface area contributed by atoms with Crippen LogP contribution in [0.1, 0.15) is 10.4 Å². The lowest BCUT2D eigenvalue weighted by atomic mass is 10.1. The topological polar surface area (TPSA) is 81.1 Å². The third-order valence-electron chi connectivity index (χ3n) is 2.51. The molecule has 0 heterocycles. The number of amides is 1. The molecular formula is C13H11BrFN3O. The average molecular weight is 324 g/mol. The standard InChI is InChI=1S/C13H11BrFN3O/c14-10-3-1-7(15)5-12(10)18-11-4-2-8(16)6-9(11)13(17)19/h1-6,18H,16H2,(H2,17,19). The van der Waals surface area contributed by atoms with Crippen LogP contribution >= 0.6 is 15.9 Å². The van der Waals surface area contributed by atoms with E-state index in [-0.39, 0.29) is 11.4 Å². The molecule has 0 bridgehead atoms. The van der Waals surface area contributed by atoms with Gasteiger partial charge >= 0.3 is 0 Å². The number of hydrogen-bond acceptors (Lipinski definition) is 3. The molecule has 2 rings (SSSR count). The zero-order valence-corrected chi connectivity index (χ0v) is 11.4. The highest BCUT2D eigenvalue weighted by Crippen LogP contribution is 2.29. The molecule has 0 radical (unpaired) electrons. The van der Waals surface area contributed by atoms with Gasteiger partial charge in [-0.1, -0.05) is 0 Å². The van der Waals surface area contributed by atoms with Crippen molar-refractivity contribution in [3.63, 3.8) is 0 Å². The molecule has 2 aromatic carbocycles. The van der Waals surface area contributed by atoms with E-state index in [1.54, 1.807) is 18.2 Å². The highest BCUT2D eigenvalue weighted by molar-refractivity contribution is 9.10. The van der Waals surface area contributed by atoms with Gasteiger partial charge in [0, 0.05) is 10.2 Å². The van der Waals surface area contributed by atoms with E-state index >= 15 is 0 Å². The molecule has 6 heteroatoms. The lowest BCUT2D eigenvalue weighted by molar-refractivity contribution is 0.100. The highest BCUT2D eigenvalue weighted by atomic mass is 79.9. The Hall–Kier alpha value is -2.08. The zero-order chi connectivity index (χ0) is 14.0. The maximum atomic E-state index is 13.2. The second-order valence-electron chi connectivity index (χ2n) is 3.92. The molecular weight excluding hydrogens is 313 g/mol. The summed E-state index contributed by atoms with van der Waals surface area (Å²) >= 11 is 3.29. The van der Waals surface area contributed by atoms with Gasteiger partial charge in [0.2, 0.25) is 0 Å². The van der Waals surface area contributed by atoms with E-state index in [0.717, 1.165) is 0 Å². The Morgan fingerprint density at radius 3 is 2.58 bits per heavy atom. The van der Waals surface area contributed by atoms with Crippen molar-refractivity contribution in [2.45, 2.75) is 0 Å². The molecule has 0 saturated carbocycles. The fourth-order valence-corrected chi connectivity index (χ4v) is 1.96. The molecule has 98 valence electrons. The fraction of sp³-hybridized carbons (Fsp3) is 0. The van der Waals surface area contributed by atoms with Gasteiger partial charge in [0.1, 0.15) is 5.82 Å².